The number of aryl methyl sites for hydroxylation is 1. The van der Waals surface area contributed by atoms with Crippen LogP contribution >= 0.6 is 0 Å². The fourth-order valence-corrected chi connectivity index (χ4v) is 2.09. The molecule has 0 saturated carbocycles. The van der Waals surface area contributed by atoms with E-state index < -0.39 is 18.1 Å². The zero-order valence-electron chi connectivity index (χ0n) is 14.0. The van der Waals surface area contributed by atoms with Gasteiger partial charge in [-0.2, -0.15) is 0 Å². The van der Waals surface area contributed by atoms with Crippen molar-refractivity contribution in [3.63, 3.8) is 0 Å². The maximum absolute atomic E-state index is 11.7. The van der Waals surface area contributed by atoms with Crippen molar-refractivity contribution in [1.82, 2.24) is 10.3 Å². The number of unbranched alkanes of at least 4 members (excludes halogenated alkanes) is 1. The summed E-state index contributed by atoms with van der Waals surface area (Å²) in [6.07, 6.45) is 4.63. The second-order valence-corrected chi connectivity index (χ2v) is 6.00. The van der Waals surface area contributed by atoms with Crippen molar-refractivity contribution in [1.29, 1.82) is 0 Å². The molecule has 1 aromatic rings. The lowest BCUT2D eigenvalue weighted by Crippen LogP contribution is -2.41. The van der Waals surface area contributed by atoms with Crippen LogP contribution in [0.3, 0.4) is 0 Å². The number of amides is 1. The predicted molar refractivity (Wildman–Crippen MR) is 87.0 cm³/mol. The van der Waals surface area contributed by atoms with E-state index in [0.29, 0.717) is 12.1 Å². The molecule has 1 rings (SSSR count). The second-order valence-electron chi connectivity index (χ2n) is 6.00. The summed E-state index contributed by atoms with van der Waals surface area (Å²) in [5, 5.41) is 11.4. The number of hydrogen-bond donors (Lipinski definition) is 2. The van der Waals surface area contributed by atoms with Gasteiger partial charge < -0.3 is 15.2 Å². The molecule has 0 unspecified atom stereocenters. The highest BCUT2D eigenvalue weighted by Gasteiger charge is 2.21. The highest BCUT2D eigenvalue weighted by molar-refractivity contribution is 5.79. The fourth-order valence-electron chi connectivity index (χ4n) is 2.09. The topological polar surface area (TPSA) is 88.5 Å². The van der Waals surface area contributed by atoms with Gasteiger partial charge in [-0.3, -0.25) is 4.98 Å². The monoisotopic (exact) mass is 322 g/mol. The standard InChI is InChI=1S/C17H26N2O4/c1-4-5-6-13-7-8-14(18-10-13)11-23-17(22)19-15(16(20)21)9-12(2)3/h7-8,10,12,15H,4-6,9,11H2,1-3H3,(H,19,22)(H,20,21)/t15-/m0/s1. The number of nitrogens with zero attached hydrogens (tertiary/aromatic N) is 1. The van der Waals surface area contributed by atoms with E-state index in [4.69, 9.17) is 9.84 Å². The van der Waals surface area contributed by atoms with Crippen molar-refractivity contribution in [2.75, 3.05) is 0 Å². The number of carboxylic acid groups (broad SMARTS) is 1. The number of hydrogen-bond acceptors (Lipinski definition) is 4. The normalized spacial score (nSPS) is 12.0. The molecule has 6 heteroatoms. The van der Waals surface area contributed by atoms with Crippen LogP contribution in [0.5, 0.6) is 0 Å². The molecule has 0 saturated heterocycles. The molecule has 6 nitrogen and oxygen atoms in total. The first-order chi connectivity index (χ1) is 10.9. The van der Waals surface area contributed by atoms with Crippen LogP contribution in [0, 0.1) is 5.92 Å². The Labute approximate surface area is 137 Å². The number of aliphatic carboxylic acids is 1. The lowest BCUT2D eigenvalue weighted by atomic mass is 10.0. The fraction of sp³-hybridized carbons (Fsp3) is 0.588. The molecule has 0 bridgehead atoms. The van der Waals surface area contributed by atoms with Crippen LogP contribution in [-0.2, 0) is 22.6 Å². The molecule has 23 heavy (non-hydrogen) atoms. The molecule has 0 fully saturated rings. The zero-order valence-corrected chi connectivity index (χ0v) is 14.0. The van der Waals surface area contributed by atoms with Gasteiger partial charge in [0.1, 0.15) is 12.6 Å². The second kappa shape index (κ2) is 9.82. The summed E-state index contributed by atoms with van der Waals surface area (Å²) in [6, 6.07) is 2.85. The minimum atomic E-state index is -1.06. The van der Waals surface area contributed by atoms with Crippen LogP contribution in [0.15, 0.2) is 18.3 Å². The van der Waals surface area contributed by atoms with E-state index in [2.05, 4.69) is 17.2 Å². The molecule has 1 aromatic heterocycles. The molecule has 128 valence electrons. The Bertz CT molecular complexity index is 500. The van der Waals surface area contributed by atoms with E-state index >= 15 is 0 Å². The first kappa shape index (κ1) is 18.9. The van der Waals surface area contributed by atoms with Crippen LogP contribution in [-0.4, -0.2) is 28.2 Å². The molecule has 0 aliphatic heterocycles. The van der Waals surface area contributed by atoms with Crippen molar-refractivity contribution in [3.8, 4) is 0 Å². The molecule has 1 atom stereocenters. The van der Waals surface area contributed by atoms with Gasteiger partial charge in [0.2, 0.25) is 0 Å². The minimum absolute atomic E-state index is 0.0217. The van der Waals surface area contributed by atoms with Crippen molar-refractivity contribution in [3.05, 3.63) is 29.6 Å². The molecule has 1 heterocycles. The van der Waals surface area contributed by atoms with E-state index in [1.54, 1.807) is 6.20 Å². The number of ether oxygens (including phenoxy) is 1. The third kappa shape index (κ3) is 7.63. The first-order valence-corrected chi connectivity index (χ1v) is 8.02. The average molecular weight is 322 g/mol. The maximum atomic E-state index is 11.7. The van der Waals surface area contributed by atoms with Crippen LogP contribution in [0.4, 0.5) is 4.79 Å². The Hall–Kier alpha value is -2.11. The van der Waals surface area contributed by atoms with Gasteiger partial charge in [0.05, 0.1) is 5.69 Å². The van der Waals surface area contributed by atoms with Gasteiger partial charge in [0.15, 0.2) is 0 Å². The summed E-state index contributed by atoms with van der Waals surface area (Å²) in [5.74, 6) is -0.900. The average Bonchev–Trinajstić information content (AvgIpc) is 2.50. The molecule has 0 aliphatic carbocycles. The van der Waals surface area contributed by atoms with Gasteiger partial charge in [-0.05, 0) is 36.8 Å². The molecule has 1 amide bonds. The number of carboxylic acids is 1. The van der Waals surface area contributed by atoms with Crippen LogP contribution < -0.4 is 5.32 Å². The first-order valence-electron chi connectivity index (χ1n) is 8.02. The van der Waals surface area contributed by atoms with Crippen molar-refractivity contribution in [2.24, 2.45) is 5.92 Å². The lowest BCUT2D eigenvalue weighted by Gasteiger charge is -2.16. The summed E-state index contributed by atoms with van der Waals surface area (Å²) < 4.78 is 5.04. The van der Waals surface area contributed by atoms with Gasteiger partial charge in [-0.15, -0.1) is 0 Å². The Morgan fingerprint density at radius 2 is 2.09 bits per heavy atom. The van der Waals surface area contributed by atoms with Gasteiger partial charge in [0.25, 0.3) is 0 Å². The lowest BCUT2D eigenvalue weighted by molar-refractivity contribution is -0.139. The highest BCUT2D eigenvalue weighted by atomic mass is 16.5. The largest absolute Gasteiger partial charge is 0.480 e. The number of pyridine rings is 1. The molecule has 0 aromatic carbocycles. The number of aromatic nitrogens is 1. The maximum Gasteiger partial charge on any atom is 0.408 e. The van der Waals surface area contributed by atoms with Crippen molar-refractivity contribution in [2.45, 2.75) is 59.1 Å². The van der Waals surface area contributed by atoms with E-state index in [9.17, 15) is 9.59 Å². The predicted octanol–water partition coefficient (Wildman–Crippen LogP) is 3.15. The quantitative estimate of drug-likeness (QED) is 0.729. The van der Waals surface area contributed by atoms with E-state index in [1.807, 2.05) is 26.0 Å². The Kier molecular flexibility index (Phi) is 8.08. The Morgan fingerprint density at radius 1 is 1.35 bits per heavy atom. The number of carbonyl (C=O) groups is 2. The van der Waals surface area contributed by atoms with E-state index in [1.165, 1.54) is 0 Å². The van der Waals surface area contributed by atoms with Gasteiger partial charge >= 0.3 is 12.1 Å². The van der Waals surface area contributed by atoms with E-state index in [0.717, 1.165) is 24.8 Å². The molecule has 2 N–H and O–H groups in total. The number of alkyl carbamates (subject to hydrolysis) is 1. The SMILES string of the molecule is CCCCc1ccc(COC(=O)N[C@@H](CC(C)C)C(=O)O)nc1. The van der Waals surface area contributed by atoms with Crippen molar-refractivity contribution >= 4 is 12.1 Å². The number of rotatable bonds is 9. The van der Waals surface area contributed by atoms with E-state index in [-0.39, 0.29) is 12.5 Å². The molecule has 0 spiro atoms. The number of carbonyl (C=O) groups excluding carboxylic acids is 1. The molecular weight excluding hydrogens is 296 g/mol. The minimum Gasteiger partial charge on any atom is -0.480 e. The molecule has 0 radical (unpaired) electrons. The Morgan fingerprint density at radius 3 is 2.61 bits per heavy atom. The zero-order chi connectivity index (χ0) is 17.2. The third-order valence-electron chi connectivity index (χ3n) is 3.35. The third-order valence-corrected chi connectivity index (χ3v) is 3.35. The van der Waals surface area contributed by atoms with Crippen LogP contribution in [0.2, 0.25) is 0 Å². The van der Waals surface area contributed by atoms with Crippen LogP contribution in [0.1, 0.15) is 51.3 Å². The summed E-state index contributed by atoms with van der Waals surface area (Å²) in [7, 11) is 0. The smallest absolute Gasteiger partial charge is 0.408 e. The highest BCUT2D eigenvalue weighted by Crippen LogP contribution is 2.07. The van der Waals surface area contributed by atoms with Gasteiger partial charge in [-0.25, -0.2) is 9.59 Å². The van der Waals surface area contributed by atoms with Gasteiger partial charge in [0, 0.05) is 6.20 Å². The summed E-state index contributed by atoms with van der Waals surface area (Å²) >= 11 is 0. The van der Waals surface area contributed by atoms with Crippen molar-refractivity contribution < 1.29 is 19.4 Å². The Balaban J connectivity index is 2.44. The van der Waals surface area contributed by atoms with Gasteiger partial charge in [-0.1, -0.05) is 33.3 Å². The van der Waals surface area contributed by atoms with Crippen LogP contribution in [0.25, 0.3) is 0 Å². The molecular formula is C17H26N2O4. The summed E-state index contributed by atoms with van der Waals surface area (Å²) in [6.45, 7) is 5.95. The molecule has 0 aliphatic rings. The summed E-state index contributed by atoms with van der Waals surface area (Å²) in [5.41, 5.74) is 1.79. The summed E-state index contributed by atoms with van der Waals surface area (Å²) in [4.78, 5) is 27.0. The number of nitrogens with one attached hydrogen (secondary N) is 1.